The van der Waals surface area contributed by atoms with Crippen LogP contribution >= 0.6 is 0 Å². The standard InChI is InChI=1S/C15H23NO4/c1-12(15(17)16(2)19-4)9-10-20-11-13-5-7-14(18-3)8-6-13/h5-8,12H,9-11H2,1-4H3/t12-/m1/s1. The smallest absolute Gasteiger partial charge is 0.248 e. The fraction of sp³-hybridized carbons (Fsp3) is 0.533. The van der Waals surface area contributed by atoms with Crippen LogP contribution in [0, 0.1) is 5.92 Å². The van der Waals surface area contributed by atoms with Crippen LogP contribution in [0.25, 0.3) is 0 Å². The van der Waals surface area contributed by atoms with Crippen LogP contribution in [0.2, 0.25) is 0 Å². The molecule has 112 valence electrons. The summed E-state index contributed by atoms with van der Waals surface area (Å²) in [7, 11) is 4.72. The average Bonchev–Trinajstić information content (AvgIpc) is 2.50. The van der Waals surface area contributed by atoms with Crippen molar-refractivity contribution in [3.63, 3.8) is 0 Å². The summed E-state index contributed by atoms with van der Waals surface area (Å²) in [6, 6.07) is 7.73. The second-order valence-electron chi connectivity index (χ2n) is 4.61. The van der Waals surface area contributed by atoms with E-state index in [4.69, 9.17) is 14.3 Å². The molecule has 0 unspecified atom stereocenters. The molecule has 1 aromatic carbocycles. The highest BCUT2D eigenvalue weighted by Crippen LogP contribution is 2.12. The van der Waals surface area contributed by atoms with Crippen LogP contribution in [0.5, 0.6) is 5.75 Å². The van der Waals surface area contributed by atoms with E-state index in [1.165, 1.54) is 12.2 Å². The number of ether oxygens (including phenoxy) is 2. The summed E-state index contributed by atoms with van der Waals surface area (Å²) in [5.74, 6) is 0.673. The van der Waals surface area contributed by atoms with E-state index in [2.05, 4.69) is 0 Å². The summed E-state index contributed by atoms with van der Waals surface area (Å²) in [6.45, 7) is 2.94. The maximum atomic E-state index is 11.7. The van der Waals surface area contributed by atoms with E-state index in [1.54, 1.807) is 14.2 Å². The summed E-state index contributed by atoms with van der Waals surface area (Å²) in [5, 5.41) is 1.24. The summed E-state index contributed by atoms with van der Waals surface area (Å²) in [5.41, 5.74) is 1.08. The third-order valence-electron chi connectivity index (χ3n) is 3.13. The van der Waals surface area contributed by atoms with Gasteiger partial charge in [-0.25, -0.2) is 5.06 Å². The average molecular weight is 281 g/mol. The SMILES string of the molecule is COc1ccc(COCC[C@@H](C)C(=O)N(C)OC)cc1. The highest BCUT2D eigenvalue weighted by Gasteiger charge is 2.16. The van der Waals surface area contributed by atoms with Gasteiger partial charge in [0.1, 0.15) is 5.75 Å². The van der Waals surface area contributed by atoms with Gasteiger partial charge in [0.05, 0.1) is 20.8 Å². The van der Waals surface area contributed by atoms with Crippen molar-refractivity contribution in [1.82, 2.24) is 5.06 Å². The number of nitrogens with zero attached hydrogens (tertiary/aromatic N) is 1. The quantitative estimate of drug-likeness (QED) is 0.542. The van der Waals surface area contributed by atoms with Gasteiger partial charge < -0.3 is 9.47 Å². The molecular weight excluding hydrogens is 258 g/mol. The van der Waals surface area contributed by atoms with Gasteiger partial charge in [-0.3, -0.25) is 9.63 Å². The molecule has 0 radical (unpaired) electrons. The van der Waals surface area contributed by atoms with Crippen molar-refractivity contribution in [2.75, 3.05) is 27.9 Å². The molecule has 5 heteroatoms. The molecule has 0 spiro atoms. The number of carbonyl (C=O) groups is 1. The Morgan fingerprint density at radius 3 is 2.45 bits per heavy atom. The monoisotopic (exact) mass is 281 g/mol. The fourth-order valence-corrected chi connectivity index (χ4v) is 1.70. The Morgan fingerprint density at radius 1 is 1.25 bits per heavy atom. The first-order chi connectivity index (χ1) is 9.58. The van der Waals surface area contributed by atoms with Gasteiger partial charge in [0.25, 0.3) is 0 Å². The number of carbonyl (C=O) groups excluding carboxylic acids is 1. The maximum Gasteiger partial charge on any atom is 0.248 e. The Balaban J connectivity index is 2.25. The Labute approximate surface area is 120 Å². The second kappa shape index (κ2) is 8.55. The molecule has 20 heavy (non-hydrogen) atoms. The molecule has 0 saturated heterocycles. The lowest BCUT2D eigenvalue weighted by molar-refractivity contribution is -0.173. The number of methoxy groups -OCH3 is 1. The van der Waals surface area contributed by atoms with Crippen LogP contribution in [0.1, 0.15) is 18.9 Å². The number of rotatable bonds is 8. The highest BCUT2D eigenvalue weighted by molar-refractivity contribution is 5.77. The lowest BCUT2D eigenvalue weighted by atomic mass is 10.1. The van der Waals surface area contributed by atoms with Gasteiger partial charge in [-0.05, 0) is 24.1 Å². The van der Waals surface area contributed by atoms with Crippen LogP contribution in [-0.4, -0.2) is 38.8 Å². The van der Waals surface area contributed by atoms with Crippen molar-refractivity contribution >= 4 is 5.91 Å². The van der Waals surface area contributed by atoms with Gasteiger partial charge in [0.15, 0.2) is 0 Å². The van der Waals surface area contributed by atoms with E-state index in [1.807, 2.05) is 31.2 Å². The van der Waals surface area contributed by atoms with Gasteiger partial charge in [0, 0.05) is 19.6 Å². The fourth-order valence-electron chi connectivity index (χ4n) is 1.70. The first-order valence-corrected chi connectivity index (χ1v) is 6.60. The molecule has 1 atom stereocenters. The topological polar surface area (TPSA) is 48.0 Å². The molecule has 0 aliphatic rings. The third kappa shape index (κ3) is 5.19. The molecular formula is C15H23NO4. The lowest BCUT2D eigenvalue weighted by Gasteiger charge is -2.18. The normalized spacial score (nSPS) is 12.0. The van der Waals surface area contributed by atoms with Crippen LogP contribution in [0.4, 0.5) is 0 Å². The van der Waals surface area contributed by atoms with Crippen LogP contribution in [-0.2, 0) is 21.0 Å². The number of hydrogen-bond donors (Lipinski definition) is 0. The maximum absolute atomic E-state index is 11.7. The minimum absolute atomic E-state index is 0.0412. The molecule has 1 amide bonds. The van der Waals surface area contributed by atoms with Gasteiger partial charge in [0.2, 0.25) is 5.91 Å². The minimum atomic E-state index is -0.115. The van der Waals surface area contributed by atoms with E-state index in [0.717, 1.165) is 11.3 Å². The molecule has 0 saturated carbocycles. The van der Waals surface area contributed by atoms with Crippen molar-refractivity contribution in [2.45, 2.75) is 20.0 Å². The van der Waals surface area contributed by atoms with Gasteiger partial charge in [-0.1, -0.05) is 19.1 Å². The molecule has 0 aliphatic heterocycles. The molecule has 0 heterocycles. The second-order valence-corrected chi connectivity index (χ2v) is 4.61. The molecule has 0 aromatic heterocycles. The van der Waals surface area contributed by atoms with E-state index < -0.39 is 0 Å². The predicted octanol–water partition coefficient (Wildman–Crippen LogP) is 2.26. The molecule has 5 nitrogen and oxygen atoms in total. The van der Waals surface area contributed by atoms with Crippen molar-refractivity contribution in [1.29, 1.82) is 0 Å². The zero-order chi connectivity index (χ0) is 15.0. The van der Waals surface area contributed by atoms with Crippen LogP contribution < -0.4 is 4.74 Å². The molecule has 0 aliphatic carbocycles. The lowest BCUT2D eigenvalue weighted by Crippen LogP contribution is -2.31. The van der Waals surface area contributed by atoms with E-state index in [0.29, 0.717) is 19.6 Å². The Morgan fingerprint density at radius 2 is 1.90 bits per heavy atom. The van der Waals surface area contributed by atoms with Crippen molar-refractivity contribution in [3.8, 4) is 5.75 Å². The van der Waals surface area contributed by atoms with Gasteiger partial charge >= 0.3 is 0 Å². The van der Waals surface area contributed by atoms with Crippen molar-refractivity contribution < 1.29 is 19.1 Å². The van der Waals surface area contributed by atoms with Crippen molar-refractivity contribution in [2.24, 2.45) is 5.92 Å². The van der Waals surface area contributed by atoms with Gasteiger partial charge in [-0.15, -0.1) is 0 Å². The number of benzene rings is 1. The summed E-state index contributed by atoms with van der Waals surface area (Å²) in [6.07, 6.45) is 0.669. The Kier molecular flexibility index (Phi) is 7.04. The molecule has 0 fully saturated rings. The molecule has 1 aromatic rings. The Bertz CT molecular complexity index is 405. The van der Waals surface area contributed by atoms with E-state index in [9.17, 15) is 4.79 Å². The molecule has 1 rings (SSSR count). The largest absolute Gasteiger partial charge is 0.497 e. The predicted molar refractivity (Wildman–Crippen MR) is 76.2 cm³/mol. The summed E-state index contributed by atoms with van der Waals surface area (Å²) >= 11 is 0. The van der Waals surface area contributed by atoms with Crippen LogP contribution in [0.3, 0.4) is 0 Å². The van der Waals surface area contributed by atoms with Gasteiger partial charge in [-0.2, -0.15) is 0 Å². The summed E-state index contributed by atoms with van der Waals surface area (Å²) in [4.78, 5) is 16.6. The number of amides is 1. The Hall–Kier alpha value is -1.59. The van der Waals surface area contributed by atoms with E-state index >= 15 is 0 Å². The third-order valence-corrected chi connectivity index (χ3v) is 3.13. The minimum Gasteiger partial charge on any atom is -0.497 e. The van der Waals surface area contributed by atoms with E-state index in [-0.39, 0.29) is 11.8 Å². The highest BCUT2D eigenvalue weighted by atomic mass is 16.7. The zero-order valence-electron chi connectivity index (χ0n) is 12.6. The zero-order valence-corrected chi connectivity index (χ0v) is 12.6. The number of hydroxylamine groups is 2. The first-order valence-electron chi connectivity index (χ1n) is 6.60. The summed E-state index contributed by atoms with van der Waals surface area (Å²) < 4.78 is 10.7. The molecule has 0 bridgehead atoms. The molecule has 0 N–H and O–H groups in total. The first kappa shape index (κ1) is 16.5. The number of hydrogen-bond acceptors (Lipinski definition) is 4. The van der Waals surface area contributed by atoms with Crippen molar-refractivity contribution in [3.05, 3.63) is 29.8 Å². The van der Waals surface area contributed by atoms with Crippen LogP contribution in [0.15, 0.2) is 24.3 Å².